The molecule has 5 rings (SSSR count). The number of halogens is 2. The molecule has 0 saturated carbocycles. The summed E-state index contributed by atoms with van der Waals surface area (Å²) in [5.74, 6) is -0.765. The Morgan fingerprint density at radius 3 is 2.21 bits per heavy atom. The maximum Gasteiger partial charge on any atom is 0.277 e. The van der Waals surface area contributed by atoms with Gasteiger partial charge in [0.05, 0.1) is 23.2 Å². The van der Waals surface area contributed by atoms with Gasteiger partial charge in [-0.15, -0.1) is 0 Å². The molecule has 2 heterocycles. The van der Waals surface area contributed by atoms with Crippen LogP contribution in [0.25, 0.3) is 0 Å². The van der Waals surface area contributed by atoms with E-state index in [1.165, 1.54) is 41.4 Å². The van der Waals surface area contributed by atoms with Gasteiger partial charge in [-0.3, -0.25) is 0 Å². The average Bonchev–Trinajstić information content (AvgIpc) is 3.31. The normalized spacial score (nSPS) is 19.1. The van der Waals surface area contributed by atoms with Crippen molar-refractivity contribution in [2.75, 3.05) is 19.6 Å². The molecule has 0 spiro atoms. The molecule has 2 aliphatic rings. The number of sulfonamides is 1. The summed E-state index contributed by atoms with van der Waals surface area (Å²) in [6.45, 7) is 0.218. The van der Waals surface area contributed by atoms with Crippen LogP contribution < -0.4 is 9.86 Å². The molecule has 1 atom stereocenters. The highest BCUT2D eigenvalue weighted by atomic mass is 35.5. The van der Waals surface area contributed by atoms with Crippen molar-refractivity contribution >= 4 is 43.5 Å². The SMILES string of the molecule is NS(=O)(=O)N1CC(N=C(NS(=O)(=O)c2ccc(Cl)cc2)N2C[C@H](c3ccccc3)C(c3ccc(F)cc3)=N2)C1. The van der Waals surface area contributed by atoms with Crippen molar-refractivity contribution in [1.82, 2.24) is 14.0 Å². The van der Waals surface area contributed by atoms with Gasteiger partial charge in [-0.05, 0) is 47.5 Å². The Hall–Kier alpha value is -3.36. The third kappa shape index (κ3) is 6.12. The maximum atomic E-state index is 13.7. The molecule has 0 aromatic heterocycles. The van der Waals surface area contributed by atoms with Crippen LogP contribution in [0.1, 0.15) is 17.0 Å². The highest BCUT2D eigenvalue weighted by molar-refractivity contribution is 7.90. The van der Waals surface area contributed by atoms with E-state index in [4.69, 9.17) is 21.8 Å². The van der Waals surface area contributed by atoms with E-state index < -0.39 is 32.1 Å². The third-order valence-corrected chi connectivity index (χ3v) is 8.96. The van der Waals surface area contributed by atoms with Crippen molar-refractivity contribution < 1.29 is 21.2 Å². The van der Waals surface area contributed by atoms with Crippen molar-refractivity contribution in [3.63, 3.8) is 0 Å². The van der Waals surface area contributed by atoms with E-state index in [2.05, 4.69) is 9.71 Å². The van der Waals surface area contributed by atoms with Gasteiger partial charge >= 0.3 is 0 Å². The van der Waals surface area contributed by atoms with Crippen LogP contribution in [0, 0.1) is 5.82 Å². The summed E-state index contributed by atoms with van der Waals surface area (Å²) in [4.78, 5) is 4.48. The summed E-state index contributed by atoms with van der Waals surface area (Å²) >= 11 is 5.92. The van der Waals surface area contributed by atoms with Crippen molar-refractivity contribution in [3.05, 3.63) is 101 Å². The fourth-order valence-corrected chi connectivity index (χ4v) is 6.18. The minimum absolute atomic E-state index is 0.00447. The van der Waals surface area contributed by atoms with Gasteiger partial charge in [0, 0.05) is 24.0 Å². The molecule has 204 valence electrons. The lowest BCUT2D eigenvalue weighted by atomic mass is 9.91. The Bertz CT molecular complexity index is 1630. The summed E-state index contributed by atoms with van der Waals surface area (Å²) in [5.41, 5.74) is 2.18. The van der Waals surface area contributed by atoms with Gasteiger partial charge in [0.1, 0.15) is 5.82 Å². The number of nitrogens with two attached hydrogens (primary N) is 1. The van der Waals surface area contributed by atoms with Gasteiger partial charge in [-0.2, -0.15) is 17.8 Å². The number of guanidine groups is 1. The van der Waals surface area contributed by atoms with Crippen LogP contribution >= 0.6 is 11.6 Å². The van der Waals surface area contributed by atoms with Crippen LogP contribution in [0.5, 0.6) is 0 Å². The summed E-state index contributed by atoms with van der Waals surface area (Å²) < 4.78 is 67.1. The number of rotatable bonds is 6. The van der Waals surface area contributed by atoms with Gasteiger partial charge in [0.25, 0.3) is 20.2 Å². The molecule has 2 aliphatic heterocycles. The molecule has 3 N–H and O–H groups in total. The van der Waals surface area contributed by atoms with Crippen LogP contribution in [0.2, 0.25) is 5.02 Å². The smallest absolute Gasteiger partial charge is 0.248 e. The number of nitrogens with one attached hydrogen (secondary N) is 1. The standard InChI is InChI=1S/C25H24ClFN6O4S2/c26-19-8-12-22(13-9-19)38(34,35)31-25(29-21-14-32(15-21)39(28,36)37)33-16-23(17-4-2-1-3-5-17)24(30-33)18-6-10-20(27)11-7-18/h1-13,21,23H,14-16H2,(H,29,31)(H2,28,36,37)/t23-/m1/s1. The number of hydrogen-bond acceptors (Lipinski definition) is 6. The topological polar surface area (TPSA) is 138 Å². The minimum Gasteiger partial charge on any atom is -0.248 e. The van der Waals surface area contributed by atoms with E-state index in [-0.39, 0.29) is 36.4 Å². The Morgan fingerprint density at radius 2 is 1.59 bits per heavy atom. The fourth-order valence-electron chi connectivity index (χ4n) is 4.28. The molecule has 0 amide bonds. The van der Waals surface area contributed by atoms with Crippen molar-refractivity contribution in [1.29, 1.82) is 0 Å². The van der Waals surface area contributed by atoms with E-state index in [1.807, 2.05) is 30.3 Å². The van der Waals surface area contributed by atoms with Gasteiger partial charge < -0.3 is 0 Å². The van der Waals surface area contributed by atoms with Crippen LogP contribution in [0.15, 0.2) is 93.9 Å². The summed E-state index contributed by atoms with van der Waals surface area (Å²) in [5, 5.41) is 11.7. The fraction of sp³-hybridized carbons (Fsp3) is 0.200. The molecule has 3 aromatic carbocycles. The molecule has 10 nitrogen and oxygen atoms in total. The number of benzene rings is 3. The molecule has 14 heteroatoms. The minimum atomic E-state index is -4.11. The highest BCUT2D eigenvalue weighted by Gasteiger charge is 2.37. The summed E-state index contributed by atoms with van der Waals surface area (Å²) in [6, 6.07) is 20.5. The zero-order chi connectivity index (χ0) is 27.8. The maximum absolute atomic E-state index is 13.7. The van der Waals surface area contributed by atoms with Gasteiger partial charge in [-0.1, -0.05) is 54.1 Å². The van der Waals surface area contributed by atoms with Gasteiger partial charge in [0.2, 0.25) is 5.96 Å². The van der Waals surface area contributed by atoms with E-state index in [0.717, 1.165) is 9.87 Å². The van der Waals surface area contributed by atoms with Gasteiger partial charge in [-0.25, -0.2) is 32.7 Å². The lowest BCUT2D eigenvalue weighted by Crippen LogP contribution is -2.56. The Balaban J connectivity index is 1.53. The van der Waals surface area contributed by atoms with Crippen molar-refractivity contribution in [2.45, 2.75) is 16.9 Å². The van der Waals surface area contributed by atoms with Crippen LogP contribution in [-0.4, -0.2) is 63.5 Å². The Kier molecular flexibility index (Phi) is 7.44. The quantitative estimate of drug-likeness (QED) is 0.336. The Labute approximate surface area is 230 Å². The second-order valence-electron chi connectivity index (χ2n) is 9.07. The predicted octanol–water partition coefficient (Wildman–Crippen LogP) is 2.50. The van der Waals surface area contributed by atoms with E-state index in [9.17, 15) is 21.2 Å². The number of nitrogens with zero attached hydrogens (tertiary/aromatic N) is 4. The molecule has 0 aliphatic carbocycles. The first-order valence-corrected chi connectivity index (χ1v) is 15.2. The average molecular weight is 591 g/mol. The van der Waals surface area contributed by atoms with Crippen LogP contribution in [0.4, 0.5) is 4.39 Å². The van der Waals surface area contributed by atoms with E-state index in [0.29, 0.717) is 16.3 Å². The number of hydrazone groups is 1. The molecule has 1 saturated heterocycles. The zero-order valence-corrected chi connectivity index (χ0v) is 22.7. The lowest BCUT2D eigenvalue weighted by molar-refractivity contribution is 0.264. The first-order valence-electron chi connectivity index (χ1n) is 11.8. The Morgan fingerprint density at radius 1 is 0.949 bits per heavy atom. The largest absolute Gasteiger partial charge is 0.277 e. The zero-order valence-electron chi connectivity index (χ0n) is 20.4. The third-order valence-electron chi connectivity index (χ3n) is 6.34. The molecular weight excluding hydrogens is 567 g/mol. The molecule has 0 bridgehead atoms. The van der Waals surface area contributed by atoms with E-state index >= 15 is 0 Å². The first kappa shape index (κ1) is 27.2. The molecular formula is C25H24ClFN6O4S2. The second kappa shape index (κ2) is 10.7. The molecule has 0 unspecified atom stereocenters. The summed E-state index contributed by atoms with van der Waals surface area (Å²) in [6.07, 6.45) is 0. The molecule has 39 heavy (non-hydrogen) atoms. The highest BCUT2D eigenvalue weighted by Crippen LogP contribution is 2.30. The van der Waals surface area contributed by atoms with Crippen molar-refractivity contribution in [3.8, 4) is 0 Å². The first-order chi connectivity index (χ1) is 18.5. The van der Waals surface area contributed by atoms with Crippen LogP contribution in [0.3, 0.4) is 0 Å². The lowest BCUT2D eigenvalue weighted by Gasteiger charge is -2.34. The monoisotopic (exact) mass is 590 g/mol. The molecule has 3 aromatic rings. The summed E-state index contributed by atoms with van der Waals surface area (Å²) in [7, 11) is -8.00. The number of hydrogen-bond donors (Lipinski definition) is 2. The second-order valence-corrected chi connectivity index (χ2v) is 12.7. The van der Waals surface area contributed by atoms with Crippen LogP contribution in [-0.2, 0) is 20.2 Å². The molecule has 0 radical (unpaired) electrons. The van der Waals surface area contributed by atoms with E-state index in [1.54, 1.807) is 12.1 Å². The van der Waals surface area contributed by atoms with Crippen molar-refractivity contribution in [2.24, 2.45) is 15.2 Å². The van der Waals surface area contributed by atoms with Gasteiger partial charge in [0.15, 0.2) is 0 Å². The molecule has 1 fully saturated rings. The number of aliphatic imine (C=N–C) groups is 1. The predicted molar refractivity (Wildman–Crippen MR) is 147 cm³/mol.